The van der Waals surface area contributed by atoms with Crippen molar-refractivity contribution in [3.05, 3.63) is 89.0 Å². The second-order valence-corrected chi connectivity index (χ2v) is 14.7. The first kappa shape index (κ1) is 35.1. The van der Waals surface area contributed by atoms with Gasteiger partial charge in [0.2, 0.25) is 11.8 Å². The quantitative estimate of drug-likeness (QED) is 0.0902. The summed E-state index contributed by atoms with van der Waals surface area (Å²) < 4.78 is 16.1. The smallest absolute Gasteiger partial charge is 0.254 e. The minimum absolute atomic E-state index is 0.145. The molecule has 4 aliphatic rings. The van der Waals surface area contributed by atoms with E-state index in [0.29, 0.717) is 28.5 Å². The normalized spacial score (nSPS) is 28.5. The Bertz CT molecular complexity index is 2040. The third-order valence-electron chi connectivity index (χ3n) is 10.6. The number of aromatic hydroxyl groups is 1. The molecule has 2 aliphatic heterocycles. The van der Waals surface area contributed by atoms with E-state index in [2.05, 4.69) is 15.9 Å². The molecule has 6 atom stereocenters. The topological polar surface area (TPSA) is 123 Å². The Morgan fingerprint density at radius 1 is 0.863 bits per heavy atom. The molecule has 0 aromatic heterocycles. The molecule has 13 heteroatoms. The number of anilines is 1. The Morgan fingerprint density at radius 2 is 1.55 bits per heavy atom. The van der Waals surface area contributed by atoms with Crippen molar-refractivity contribution in [3.8, 4) is 23.0 Å². The fourth-order valence-corrected chi connectivity index (χ4v) is 9.55. The number of imide groups is 2. The summed E-state index contributed by atoms with van der Waals surface area (Å²) in [7, 11) is 4.63. The number of nitrogens with zero attached hydrogens (tertiary/aromatic N) is 2. The number of hydrogen-bond acceptors (Lipinski definition) is 8. The minimum Gasteiger partial charge on any atom is -0.508 e. The Labute approximate surface area is 312 Å². The number of methoxy groups -OCH3 is 3. The summed E-state index contributed by atoms with van der Waals surface area (Å²) in [5.74, 6) is -4.12. The fraction of sp³-hybridized carbons (Fsp3) is 0.316. The molecule has 1 saturated carbocycles. The van der Waals surface area contributed by atoms with Gasteiger partial charge >= 0.3 is 0 Å². The van der Waals surface area contributed by atoms with E-state index in [9.17, 15) is 24.3 Å². The molecule has 10 nitrogen and oxygen atoms in total. The van der Waals surface area contributed by atoms with E-state index in [1.807, 2.05) is 36.4 Å². The number of halogens is 3. The van der Waals surface area contributed by atoms with Crippen LogP contribution < -0.4 is 19.1 Å². The number of likely N-dealkylation sites (tertiary alicyclic amines) is 1. The van der Waals surface area contributed by atoms with Crippen LogP contribution in [0.5, 0.6) is 23.0 Å². The molecule has 3 aromatic rings. The van der Waals surface area contributed by atoms with E-state index in [4.69, 9.17) is 37.4 Å². The molecule has 264 valence electrons. The molecule has 0 unspecified atom stereocenters. The predicted octanol–water partition coefficient (Wildman–Crippen LogP) is 6.50. The highest BCUT2D eigenvalue weighted by Crippen LogP contribution is 2.66. The molecular formula is C38H33BrCl2N2O8. The van der Waals surface area contributed by atoms with Crippen LogP contribution in [0.4, 0.5) is 5.69 Å². The number of amides is 4. The van der Waals surface area contributed by atoms with Crippen LogP contribution in [0.2, 0.25) is 0 Å². The molecule has 2 aliphatic carbocycles. The Hall–Kier alpha value is -4.32. The molecule has 0 radical (unpaired) electrons. The number of carbonyl (C=O) groups excluding carboxylic acids is 4. The van der Waals surface area contributed by atoms with Crippen LogP contribution in [-0.2, 0) is 19.2 Å². The van der Waals surface area contributed by atoms with Crippen molar-refractivity contribution in [1.82, 2.24) is 4.90 Å². The number of fused-ring (bicyclic) bond motifs is 4. The van der Waals surface area contributed by atoms with Crippen molar-refractivity contribution in [2.45, 2.75) is 28.5 Å². The maximum absolute atomic E-state index is 14.4. The van der Waals surface area contributed by atoms with Crippen molar-refractivity contribution < 1.29 is 38.5 Å². The van der Waals surface area contributed by atoms with Crippen molar-refractivity contribution in [2.24, 2.45) is 17.8 Å². The molecule has 2 heterocycles. The van der Waals surface area contributed by atoms with Gasteiger partial charge in [0.25, 0.3) is 11.8 Å². The van der Waals surface area contributed by atoms with E-state index in [1.54, 1.807) is 50.6 Å². The summed E-state index contributed by atoms with van der Waals surface area (Å²) in [6, 6.07) is 17.1. The molecule has 4 amide bonds. The molecule has 0 spiro atoms. The van der Waals surface area contributed by atoms with Crippen molar-refractivity contribution in [1.29, 1.82) is 0 Å². The second-order valence-electron chi connectivity index (χ2n) is 13.0. The van der Waals surface area contributed by atoms with Crippen LogP contribution in [-0.4, -0.2) is 70.2 Å². The number of ether oxygens (including phenoxy) is 3. The third-order valence-corrected chi connectivity index (χ3v) is 12.5. The van der Waals surface area contributed by atoms with Crippen LogP contribution in [0, 0.1) is 17.8 Å². The number of hydrogen-bond donors (Lipinski definition) is 1. The van der Waals surface area contributed by atoms with Gasteiger partial charge in [-0.15, -0.1) is 23.2 Å². The van der Waals surface area contributed by atoms with Crippen LogP contribution >= 0.6 is 39.1 Å². The van der Waals surface area contributed by atoms with E-state index in [-0.39, 0.29) is 35.5 Å². The molecule has 3 aromatic carbocycles. The zero-order valence-corrected chi connectivity index (χ0v) is 30.9. The molecule has 51 heavy (non-hydrogen) atoms. The maximum atomic E-state index is 14.4. The van der Waals surface area contributed by atoms with E-state index >= 15 is 0 Å². The molecule has 7 rings (SSSR count). The fourth-order valence-electron chi connectivity index (χ4n) is 8.14. The van der Waals surface area contributed by atoms with Gasteiger partial charge in [-0.05, 0) is 60.7 Å². The minimum atomic E-state index is -2.02. The van der Waals surface area contributed by atoms with E-state index < -0.39 is 51.1 Å². The van der Waals surface area contributed by atoms with Crippen molar-refractivity contribution >= 4 is 80.6 Å². The predicted molar refractivity (Wildman–Crippen MR) is 195 cm³/mol. The van der Waals surface area contributed by atoms with Gasteiger partial charge in [-0.3, -0.25) is 29.0 Å². The first-order chi connectivity index (χ1) is 24.4. The Kier molecular flexibility index (Phi) is 8.96. The number of carbonyl (C=O) groups is 4. The van der Waals surface area contributed by atoms with Gasteiger partial charge in [0.1, 0.15) is 23.0 Å². The van der Waals surface area contributed by atoms with Gasteiger partial charge in [0.15, 0.2) is 9.75 Å². The van der Waals surface area contributed by atoms with Crippen molar-refractivity contribution in [2.75, 3.05) is 31.7 Å². The molecule has 3 fully saturated rings. The summed E-state index contributed by atoms with van der Waals surface area (Å²) in [5.41, 5.74) is 2.73. The first-order valence-electron chi connectivity index (χ1n) is 16.2. The molecule has 0 bridgehead atoms. The number of allylic oxidation sites excluding steroid dienone is 2. The standard InChI is InChI=1S/C38H33BrCl2N2O8/c1-49-23-11-15-30(51-3)21(16-23)7-4-20-5-8-22(9-6-20)43-33(45)27-14-13-25-28(31(27)34(43)46)18-37(40)35(47)42(19-39)36(48)38(37,41)32(25)26-12-10-24(50-2)17-29(26)44/h4-13,15-17,27-28,31-32,44H,14,18-19H2,1-3H3/t27-,28+,31-,32+,37+,38-/m0/s1. The number of benzene rings is 3. The van der Waals surface area contributed by atoms with E-state index in [0.717, 1.165) is 16.0 Å². The zero-order chi connectivity index (χ0) is 36.4. The highest BCUT2D eigenvalue weighted by molar-refractivity contribution is 9.09. The largest absolute Gasteiger partial charge is 0.508 e. The summed E-state index contributed by atoms with van der Waals surface area (Å²) in [4.78, 5) is 54.4. The SMILES string of the molecule is COc1ccc([C@H]2C3=CC[C@@H]4C(=O)N(c5ccc(C=Cc6cc(OC)ccc6OC)cc5)C(=O)[C@@H]4[C@@H]3C[C@@]3(Cl)C(=O)N(CBr)C(=O)[C@@]23Cl)c(O)c1. The lowest BCUT2D eigenvalue weighted by Gasteiger charge is -2.50. The summed E-state index contributed by atoms with van der Waals surface area (Å²) in [6.45, 7) is 0. The van der Waals surface area contributed by atoms with Gasteiger partial charge in [0.05, 0.1) is 44.3 Å². The molecular weight excluding hydrogens is 763 g/mol. The molecule has 1 N–H and O–H groups in total. The average molecular weight is 796 g/mol. The van der Waals surface area contributed by atoms with Crippen molar-refractivity contribution in [3.63, 3.8) is 0 Å². The Balaban J connectivity index is 1.24. The van der Waals surface area contributed by atoms with Gasteiger partial charge in [-0.2, -0.15) is 0 Å². The van der Waals surface area contributed by atoms with E-state index in [1.165, 1.54) is 18.1 Å². The van der Waals surface area contributed by atoms with Crippen LogP contribution in [0.25, 0.3) is 12.2 Å². The number of rotatable bonds is 8. The number of phenols is 1. The lowest BCUT2D eigenvalue weighted by atomic mass is 9.56. The van der Waals surface area contributed by atoms with Gasteiger partial charge in [-0.1, -0.05) is 57.9 Å². The van der Waals surface area contributed by atoms with Crippen LogP contribution in [0.3, 0.4) is 0 Å². The zero-order valence-electron chi connectivity index (χ0n) is 27.8. The highest BCUT2D eigenvalue weighted by Gasteiger charge is 2.76. The van der Waals surface area contributed by atoms with Gasteiger partial charge in [-0.25, -0.2) is 0 Å². The second kappa shape index (κ2) is 13.0. The summed E-state index contributed by atoms with van der Waals surface area (Å²) >= 11 is 17.8. The third kappa shape index (κ3) is 5.18. The number of phenolic OH excluding ortho intramolecular Hbond substituents is 1. The van der Waals surface area contributed by atoms with Crippen LogP contribution in [0.15, 0.2) is 72.3 Å². The monoisotopic (exact) mass is 794 g/mol. The summed E-state index contributed by atoms with van der Waals surface area (Å²) in [5, 5.41) is 11.2. The lowest BCUT2D eigenvalue weighted by Crippen LogP contribution is -2.60. The Morgan fingerprint density at radius 3 is 2.20 bits per heavy atom. The first-order valence-corrected chi connectivity index (χ1v) is 18.1. The average Bonchev–Trinajstić information content (AvgIpc) is 3.48. The number of alkyl halides is 3. The highest BCUT2D eigenvalue weighted by atomic mass is 79.9. The van der Waals surface area contributed by atoms with Gasteiger partial charge in [0, 0.05) is 23.1 Å². The molecule has 2 saturated heterocycles. The summed E-state index contributed by atoms with van der Waals surface area (Å²) in [6.07, 6.45) is 5.63. The van der Waals surface area contributed by atoms with Gasteiger partial charge < -0.3 is 19.3 Å². The van der Waals surface area contributed by atoms with Crippen LogP contribution in [0.1, 0.15) is 35.4 Å². The lowest BCUT2D eigenvalue weighted by molar-refractivity contribution is -0.138. The maximum Gasteiger partial charge on any atom is 0.254 e.